The summed E-state index contributed by atoms with van der Waals surface area (Å²) in [5.41, 5.74) is 10.5. The van der Waals surface area contributed by atoms with Gasteiger partial charge < -0.3 is 32.3 Å². The van der Waals surface area contributed by atoms with E-state index in [1.54, 1.807) is 0 Å². The molecule has 0 bridgehead atoms. The molecule has 0 heterocycles. The van der Waals surface area contributed by atoms with Gasteiger partial charge in [-0.1, -0.05) is 0 Å². The zero-order chi connectivity index (χ0) is 14.7. The van der Waals surface area contributed by atoms with E-state index < -0.39 is 11.9 Å². The lowest BCUT2D eigenvalue weighted by atomic mass is 10.1. The van der Waals surface area contributed by atoms with E-state index in [2.05, 4.69) is 10.6 Å². The minimum absolute atomic E-state index is 0.179. The van der Waals surface area contributed by atoms with E-state index >= 15 is 0 Å². The molecule has 0 fully saturated rings. The second-order valence-electron chi connectivity index (χ2n) is 4.37. The van der Waals surface area contributed by atoms with Gasteiger partial charge in [0.05, 0.1) is 6.04 Å². The van der Waals surface area contributed by atoms with Crippen molar-refractivity contribution in [1.29, 1.82) is 0 Å². The van der Waals surface area contributed by atoms with Crippen LogP contribution in [0.3, 0.4) is 0 Å². The van der Waals surface area contributed by atoms with Crippen LogP contribution in [0.25, 0.3) is 0 Å². The first-order valence-electron chi connectivity index (χ1n) is 6.29. The number of aliphatic hydroxyl groups is 2. The molecule has 0 aliphatic carbocycles. The van der Waals surface area contributed by atoms with Crippen molar-refractivity contribution in [2.75, 3.05) is 26.3 Å². The molecule has 0 aromatic heterocycles. The lowest BCUT2D eigenvalue weighted by Crippen LogP contribution is -2.40. The maximum Gasteiger partial charge on any atom is 0.314 e. The molecule has 0 aliphatic heterocycles. The Hall–Kier alpha value is -1.38. The fourth-order valence-electron chi connectivity index (χ4n) is 1.32. The number of hydrogen-bond donors (Lipinski definition) is 6. The molecule has 0 saturated carbocycles. The molecule has 8 nitrogen and oxygen atoms in total. The third kappa shape index (κ3) is 9.23. The van der Waals surface area contributed by atoms with E-state index in [1.165, 1.54) is 0 Å². The minimum atomic E-state index is -0.635. The highest BCUT2D eigenvalue weighted by Gasteiger charge is 2.09. The quantitative estimate of drug-likeness (QED) is 0.252. The number of carbonyl (C=O) groups excluding carboxylic acids is 2. The van der Waals surface area contributed by atoms with Gasteiger partial charge in [0.15, 0.2) is 0 Å². The van der Waals surface area contributed by atoms with E-state index in [0.29, 0.717) is 25.8 Å². The maximum absolute atomic E-state index is 11.3. The molecule has 0 unspecified atom stereocenters. The molecule has 112 valence electrons. The molecule has 0 aromatic rings. The number of nitrogens with one attached hydrogen (secondary N) is 2. The molecule has 0 rings (SSSR count). The first-order chi connectivity index (χ1) is 9.01. The van der Waals surface area contributed by atoms with E-state index in [0.717, 1.165) is 0 Å². The predicted octanol–water partition coefficient (Wildman–Crippen LogP) is -2.13. The molecule has 0 spiro atoms. The topological polar surface area (TPSA) is 151 Å². The van der Waals surface area contributed by atoms with Crippen molar-refractivity contribution in [2.45, 2.75) is 25.3 Å². The number of amides is 3. The summed E-state index contributed by atoms with van der Waals surface area (Å²) in [6, 6.07) is -0.991. The normalized spacial score (nSPS) is 12.2. The van der Waals surface area contributed by atoms with Crippen LogP contribution in [0, 0.1) is 5.92 Å². The van der Waals surface area contributed by atoms with Crippen LogP contribution >= 0.6 is 0 Å². The van der Waals surface area contributed by atoms with Crippen molar-refractivity contribution in [2.24, 2.45) is 17.4 Å². The second kappa shape index (κ2) is 10.5. The van der Waals surface area contributed by atoms with Gasteiger partial charge >= 0.3 is 6.03 Å². The summed E-state index contributed by atoms with van der Waals surface area (Å²) in [4.78, 5) is 22.0. The number of rotatable bonds is 10. The van der Waals surface area contributed by atoms with Crippen molar-refractivity contribution in [1.82, 2.24) is 10.6 Å². The SMILES string of the molecule is NC(=O)[C@H](N)CCCCNC(=O)NCC(CO)CO. The summed E-state index contributed by atoms with van der Waals surface area (Å²) in [5.74, 6) is -0.871. The summed E-state index contributed by atoms with van der Waals surface area (Å²) < 4.78 is 0. The van der Waals surface area contributed by atoms with E-state index in [1.807, 2.05) is 0 Å². The first kappa shape index (κ1) is 17.6. The Morgan fingerprint density at radius 2 is 1.74 bits per heavy atom. The minimum Gasteiger partial charge on any atom is -0.396 e. The number of carbonyl (C=O) groups is 2. The molecular formula is C11H24N4O4. The largest absolute Gasteiger partial charge is 0.396 e. The number of urea groups is 1. The second-order valence-corrected chi connectivity index (χ2v) is 4.37. The number of unbranched alkanes of at least 4 members (excludes halogenated alkanes) is 1. The Labute approximate surface area is 112 Å². The lowest BCUT2D eigenvalue weighted by molar-refractivity contribution is -0.119. The van der Waals surface area contributed by atoms with Gasteiger partial charge in [0.2, 0.25) is 5.91 Å². The summed E-state index contributed by atoms with van der Waals surface area (Å²) in [6.45, 7) is 0.315. The van der Waals surface area contributed by atoms with Gasteiger partial charge in [-0.15, -0.1) is 0 Å². The van der Waals surface area contributed by atoms with Gasteiger partial charge in [-0.3, -0.25) is 4.79 Å². The van der Waals surface area contributed by atoms with Crippen LogP contribution in [0.5, 0.6) is 0 Å². The molecule has 0 radical (unpaired) electrons. The summed E-state index contributed by atoms with van der Waals surface area (Å²) in [6.07, 6.45) is 1.88. The van der Waals surface area contributed by atoms with Crippen molar-refractivity contribution in [3.8, 4) is 0 Å². The molecule has 1 atom stereocenters. The Morgan fingerprint density at radius 3 is 2.26 bits per heavy atom. The standard InChI is InChI=1S/C11H24N4O4/c12-9(10(13)18)3-1-2-4-14-11(19)15-5-8(6-16)7-17/h8-9,16-17H,1-7,12H2,(H2,13,18)(H2,14,15,19)/t9-/m1/s1. The molecule has 3 amide bonds. The Kier molecular flexibility index (Phi) is 9.77. The molecule has 0 aromatic carbocycles. The van der Waals surface area contributed by atoms with E-state index in [9.17, 15) is 9.59 Å². The number of aliphatic hydroxyl groups excluding tert-OH is 2. The fraction of sp³-hybridized carbons (Fsp3) is 0.818. The van der Waals surface area contributed by atoms with Crippen LogP contribution in [0.15, 0.2) is 0 Å². The monoisotopic (exact) mass is 276 g/mol. The molecule has 8 N–H and O–H groups in total. The molecule has 8 heteroatoms. The summed E-state index contributed by atoms with van der Waals surface area (Å²) >= 11 is 0. The van der Waals surface area contributed by atoms with Gasteiger partial charge in [0, 0.05) is 32.2 Å². The molecular weight excluding hydrogens is 252 g/mol. The highest BCUT2D eigenvalue weighted by Crippen LogP contribution is 1.97. The Bertz CT molecular complexity index is 271. The van der Waals surface area contributed by atoms with Crippen molar-refractivity contribution >= 4 is 11.9 Å². The number of hydrogen-bond acceptors (Lipinski definition) is 5. The van der Waals surface area contributed by atoms with Crippen LogP contribution in [-0.4, -0.2) is 54.5 Å². The van der Waals surface area contributed by atoms with Crippen molar-refractivity contribution in [3.63, 3.8) is 0 Å². The number of primary amides is 1. The Balaban J connectivity index is 3.51. The van der Waals surface area contributed by atoms with Crippen LogP contribution < -0.4 is 22.1 Å². The van der Waals surface area contributed by atoms with Crippen LogP contribution in [0.1, 0.15) is 19.3 Å². The molecule has 0 saturated heterocycles. The van der Waals surface area contributed by atoms with Crippen molar-refractivity contribution < 1.29 is 19.8 Å². The van der Waals surface area contributed by atoms with Crippen LogP contribution in [0.2, 0.25) is 0 Å². The van der Waals surface area contributed by atoms with Gasteiger partial charge in [0.25, 0.3) is 0 Å². The summed E-state index contributed by atoms with van der Waals surface area (Å²) in [7, 11) is 0. The lowest BCUT2D eigenvalue weighted by Gasteiger charge is -2.13. The van der Waals surface area contributed by atoms with Gasteiger partial charge in [-0.2, -0.15) is 0 Å². The van der Waals surface area contributed by atoms with Gasteiger partial charge in [-0.25, -0.2) is 4.79 Å². The summed E-state index contributed by atoms with van der Waals surface area (Å²) in [5, 5.41) is 22.8. The smallest absolute Gasteiger partial charge is 0.314 e. The highest BCUT2D eigenvalue weighted by atomic mass is 16.3. The van der Waals surface area contributed by atoms with E-state index in [-0.39, 0.29) is 31.7 Å². The predicted molar refractivity (Wildman–Crippen MR) is 70.1 cm³/mol. The maximum atomic E-state index is 11.3. The molecule has 0 aliphatic rings. The first-order valence-corrected chi connectivity index (χ1v) is 6.29. The average molecular weight is 276 g/mol. The third-order valence-electron chi connectivity index (χ3n) is 2.66. The average Bonchev–Trinajstić information content (AvgIpc) is 2.39. The van der Waals surface area contributed by atoms with Crippen LogP contribution in [-0.2, 0) is 4.79 Å². The van der Waals surface area contributed by atoms with Crippen LogP contribution in [0.4, 0.5) is 4.79 Å². The van der Waals surface area contributed by atoms with Gasteiger partial charge in [-0.05, 0) is 19.3 Å². The van der Waals surface area contributed by atoms with Crippen molar-refractivity contribution in [3.05, 3.63) is 0 Å². The molecule has 19 heavy (non-hydrogen) atoms. The third-order valence-corrected chi connectivity index (χ3v) is 2.66. The number of nitrogens with two attached hydrogens (primary N) is 2. The van der Waals surface area contributed by atoms with Gasteiger partial charge in [0.1, 0.15) is 0 Å². The fourth-order valence-corrected chi connectivity index (χ4v) is 1.32. The van der Waals surface area contributed by atoms with E-state index in [4.69, 9.17) is 21.7 Å². The zero-order valence-electron chi connectivity index (χ0n) is 11.0. The zero-order valence-corrected chi connectivity index (χ0v) is 11.0. The Morgan fingerprint density at radius 1 is 1.11 bits per heavy atom. The highest BCUT2D eigenvalue weighted by molar-refractivity contribution is 5.79.